The Kier molecular flexibility index (Phi) is 5.05. The molecule has 0 fully saturated rings. The number of furan rings is 1. The highest BCUT2D eigenvalue weighted by Gasteiger charge is 2.30. The first-order chi connectivity index (χ1) is 9.03. The Bertz CT molecular complexity index is 570. The van der Waals surface area contributed by atoms with Gasteiger partial charge in [-0.3, -0.25) is 0 Å². The molecule has 2 N–H and O–H groups in total. The maximum atomic E-state index is 12.4. The molecule has 0 spiro atoms. The molecule has 0 unspecified atom stereocenters. The first-order valence-corrected chi connectivity index (χ1v) is 8.20. The second-order valence-corrected chi connectivity index (χ2v) is 7.85. The van der Waals surface area contributed by atoms with E-state index in [1.54, 1.807) is 13.8 Å². The Labute approximate surface area is 121 Å². The van der Waals surface area contributed by atoms with Gasteiger partial charge in [-0.25, -0.2) is 13.1 Å². The Morgan fingerprint density at radius 1 is 1.25 bits per heavy atom. The quantitative estimate of drug-likeness (QED) is 0.845. The molecule has 0 radical (unpaired) electrons. The van der Waals surface area contributed by atoms with E-state index in [-0.39, 0.29) is 16.9 Å². The van der Waals surface area contributed by atoms with E-state index >= 15 is 0 Å². The van der Waals surface area contributed by atoms with Gasteiger partial charge in [0.15, 0.2) is 0 Å². The second kappa shape index (κ2) is 5.87. The minimum Gasteiger partial charge on any atom is -0.465 e. The van der Waals surface area contributed by atoms with Crippen molar-refractivity contribution < 1.29 is 17.9 Å². The van der Waals surface area contributed by atoms with Crippen molar-refractivity contribution in [2.24, 2.45) is 11.3 Å². The fourth-order valence-electron chi connectivity index (χ4n) is 1.80. The molecule has 0 atom stereocenters. The molecule has 0 aliphatic heterocycles. The van der Waals surface area contributed by atoms with Crippen LogP contribution in [-0.2, 0) is 16.6 Å². The number of aliphatic hydroxyl groups is 1. The molecule has 0 saturated carbocycles. The molecule has 116 valence electrons. The van der Waals surface area contributed by atoms with Gasteiger partial charge in [-0.1, -0.05) is 27.7 Å². The summed E-state index contributed by atoms with van der Waals surface area (Å²) in [5.74, 6) is 1.09. The van der Waals surface area contributed by atoms with Crippen LogP contribution in [0.5, 0.6) is 0 Å². The predicted octanol–water partition coefficient (Wildman–Crippen LogP) is 2.35. The molecule has 0 amide bonds. The fraction of sp³-hybridized carbons (Fsp3) is 0.714. The smallest absolute Gasteiger partial charge is 0.244 e. The Hall–Kier alpha value is -0.850. The number of aliphatic hydroxyl groups excluding tert-OH is 1. The number of rotatable bonds is 6. The van der Waals surface area contributed by atoms with Crippen LogP contribution in [0.1, 0.15) is 44.8 Å². The monoisotopic (exact) mass is 303 g/mol. The van der Waals surface area contributed by atoms with Crippen molar-refractivity contribution in [1.82, 2.24) is 4.72 Å². The summed E-state index contributed by atoms with van der Waals surface area (Å²) in [5.41, 5.74) is 0.177. The fourth-order valence-corrected chi connectivity index (χ4v) is 3.46. The number of hydrogen-bond acceptors (Lipinski definition) is 4. The van der Waals surface area contributed by atoms with Gasteiger partial charge >= 0.3 is 0 Å². The second-order valence-electron chi connectivity index (χ2n) is 6.15. The van der Waals surface area contributed by atoms with Gasteiger partial charge in [0.1, 0.15) is 16.4 Å². The highest BCUT2D eigenvalue weighted by Crippen LogP contribution is 2.29. The van der Waals surface area contributed by atoms with Crippen LogP contribution < -0.4 is 4.72 Å². The molecule has 0 aromatic carbocycles. The number of aryl methyl sites for hydroxylation is 2. The first kappa shape index (κ1) is 17.2. The lowest BCUT2D eigenvalue weighted by Crippen LogP contribution is -2.37. The maximum absolute atomic E-state index is 12.4. The third-order valence-corrected chi connectivity index (χ3v) is 5.63. The molecule has 1 aromatic rings. The van der Waals surface area contributed by atoms with Crippen LogP contribution in [0.4, 0.5) is 0 Å². The first-order valence-electron chi connectivity index (χ1n) is 6.72. The van der Waals surface area contributed by atoms with Crippen molar-refractivity contribution in [2.45, 2.75) is 53.0 Å². The van der Waals surface area contributed by atoms with Gasteiger partial charge in [0.25, 0.3) is 0 Å². The number of hydrogen-bond donors (Lipinski definition) is 2. The third kappa shape index (κ3) is 3.42. The Balaban J connectivity index is 3.07. The van der Waals surface area contributed by atoms with Crippen molar-refractivity contribution in [3.8, 4) is 0 Å². The van der Waals surface area contributed by atoms with E-state index in [1.807, 2.05) is 13.8 Å². The van der Waals surface area contributed by atoms with E-state index in [0.717, 1.165) is 0 Å². The van der Waals surface area contributed by atoms with E-state index in [9.17, 15) is 13.5 Å². The van der Waals surface area contributed by atoms with E-state index in [4.69, 9.17) is 4.42 Å². The molecule has 20 heavy (non-hydrogen) atoms. The molecule has 0 aliphatic rings. The summed E-state index contributed by atoms with van der Waals surface area (Å²) in [6, 6.07) is 0. The lowest BCUT2D eigenvalue weighted by molar-refractivity contribution is 0.252. The van der Waals surface area contributed by atoms with Crippen molar-refractivity contribution in [1.29, 1.82) is 0 Å². The van der Waals surface area contributed by atoms with Gasteiger partial charge < -0.3 is 9.52 Å². The van der Waals surface area contributed by atoms with Crippen LogP contribution in [-0.4, -0.2) is 20.1 Å². The van der Waals surface area contributed by atoms with Crippen LogP contribution in [0.2, 0.25) is 0 Å². The van der Waals surface area contributed by atoms with Crippen LogP contribution >= 0.6 is 0 Å². The van der Waals surface area contributed by atoms with Gasteiger partial charge in [0.05, 0.1) is 6.61 Å². The maximum Gasteiger partial charge on any atom is 0.244 e. The zero-order chi connectivity index (χ0) is 15.7. The molecule has 0 aliphatic carbocycles. The zero-order valence-corrected chi connectivity index (χ0v) is 13.9. The summed E-state index contributed by atoms with van der Waals surface area (Å²) >= 11 is 0. The minimum absolute atomic E-state index is 0.0667. The van der Waals surface area contributed by atoms with Crippen molar-refractivity contribution in [3.63, 3.8) is 0 Å². The third-order valence-electron chi connectivity index (χ3n) is 4.03. The standard InChI is InChI=1S/C14H25NO4S/c1-9(2)14(5,6)8-15-20(17,18)13-11(4)19-10(3)12(13)7-16/h9,15-16H,7-8H2,1-6H3. The summed E-state index contributed by atoms with van der Waals surface area (Å²) in [7, 11) is -3.68. The summed E-state index contributed by atoms with van der Waals surface area (Å²) in [5, 5.41) is 9.34. The lowest BCUT2D eigenvalue weighted by Gasteiger charge is -2.29. The van der Waals surface area contributed by atoms with Crippen molar-refractivity contribution in [2.75, 3.05) is 6.54 Å². The van der Waals surface area contributed by atoms with Crippen LogP contribution in [0, 0.1) is 25.2 Å². The largest absolute Gasteiger partial charge is 0.465 e. The molecule has 6 heteroatoms. The Morgan fingerprint density at radius 2 is 1.80 bits per heavy atom. The molecule has 0 saturated heterocycles. The van der Waals surface area contributed by atoms with E-state index < -0.39 is 10.0 Å². The number of sulfonamides is 1. The van der Waals surface area contributed by atoms with Crippen LogP contribution in [0.15, 0.2) is 9.31 Å². The molecule has 1 rings (SSSR count). The van der Waals surface area contributed by atoms with Crippen LogP contribution in [0.25, 0.3) is 0 Å². The summed E-state index contributed by atoms with van der Waals surface area (Å²) in [4.78, 5) is 0.0667. The molecule has 1 aromatic heterocycles. The van der Waals surface area contributed by atoms with Crippen LogP contribution in [0.3, 0.4) is 0 Å². The molecule has 5 nitrogen and oxygen atoms in total. The molecular weight excluding hydrogens is 278 g/mol. The van der Waals surface area contributed by atoms with Gasteiger partial charge in [0.2, 0.25) is 10.0 Å². The molecule has 1 heterocycles. The predicted molar refractivity (Wildman–Crippen MR) is 77.9 cm³/mol. The average molecular weight is 303 g/mol. The number of nitrogens with one attached hydrogen (secondary N) is 1. The lowest BCUT2D eigenvalue weighted by atomic mass is 9.81. The zero-order valence-electron chi connectivity index (χ0n) is 13.1. The van der Waals surface area contributed by atoms with Gasteiger partial charge in [0, 0.05) is 12.1 Å². The summed E-state index contributed by atoms with van der Waals surface area (Å²) in [6.07, 6.45) is 0. The minimum atomic E-state index is -3.68. The van der Waals surface area contributed by atoms with Gasteiger partial charge in [-0.05, 0) is 25.2 Å². The molecular formula is C14H25NO4S. The van der Waals surface area contributed by atoms with Crippen molar-refractivity contribution in [3.05, 3.63) is 17.1 Å². The topological polar surface area (TPSA) is 79.5 Å². The van der Waals surface area contributed by atoms with Crippen molar-refractivity contribution >= 4 is 10.0 Å². The summed E-state index contributed by atoms with van der Waals surface area (Å²) in [6.45, 7) is 11.4. The van der Waals surface area contributed by atoms with Gasteiger partial charge in [-0.15, -0.1) is 0 Å². The van der Waals surface area contributed by atoms with E-state index in [0.29, 0.717) is 29.5 Å². The normalized spacial score (nSPS) is 13.2. The Morgan fingerprint density at radius 3 is 2.25 bits per heavy atom. The summed E-state index contributed by atoms with van der Waals surface area (Å²) < 4.78 is 32.8. The average Bonchev–Trinajstić information content (AvgIpc) is 2.61. The molecule has 0 bridgehead atoms. The highest BCUT2D eigenvalue weighted by atomic mass is 32.2. The van der Waals surface area contributed by atoms with E-state index in [2.05, 4.69) is 18.6 Å². The highest BCUT2D eigenvalue weighted by molar-refractivity contribution is 7.89. The van der Waals surface area contributed by atoms with Gasteiger partial charge in [-0.2, -0.15) is 0 Å². The SMILES string of the molecule is Cc1oc(C)c(S(=O)(=O)NCC(C)(C)C(C)C)c1CO. The van der Waals surface area contributed by atoms with E-state index in [1.165, 1.54) is 0 Å².